The van der Waals surface area contributed by atoms with Crippen molar-refractivity contribution in [3.8, 4) is 16.9 Å². The van der Waals surface area contributed by atoms with Crippen LogP contribution in [0.3, 0.4) is 0 Å². The number of carbonyl (C=O) groups is 2. The van der Waals surface area contributed by atoms with E-state index in [1.807, 2.05) is 37.2 Å². The summed E-state index contributed by atoms with van der Waals surface area (Å²) in [6.07, 6.45) is 0. The molecule has 0 bridgehead atoms. The monoisotopic (exact) mass is 601 g/mol. The minimum Gasteiger partial charge on any atom is -0.507 e. The molecule has 0 aliphatic rings. The molecule has 0 saturated heterocycles. The Morgan fingerprint density at radius 3 is 2.21 bits per heavy atom. The summed E-state index contributed by atoms with van der Waals surface area (Å²) in [7, 11) is 2.89. The van der Waals surface area contributed by atoms with Crippen molar-refractivity contribution >= 4 is 38.9 Å². The Bertz CT molecular complexity index is 1740. The Balaban J connectivity index is 1.43. The quantitative estimate of drug-likeness (QED) is 0.187. The van der Waals surface area contributed by atoms with Crippen molar-refractivity contribution in [2.75, 3.05) is 56.2 Å². The van der Waals surface area contributed by atoms with E-state index in [2.05, 4.69) is 15.4 Å². The molecule has 43 heavy (non-hydrogen) atoms. The number of aromatic hydroxyl groups is 1. The average molecular weight is 602 g/mol. The topological polar surface area (TPSA) is 131 Å². The van der Waals surface area contributed by atoms with Crippen LogP contribution in [0.4, 0.5) is 17.1 Å². The summed E-state index contributed by atoms with van der Waals surface area (Å²) in [4.78, 5) is 28.1. The number of hydrogen-bond donors (Lipinski definition) is 4. The van der Waals surface area contributed by atoms with Gasteiger partial charge in [-0.25, -0.2) is 8.42 Å². The Morgan fingerprint density at radius 1 is 0.767 bits per heavy atom. The van der Waals surface area contributed by atoms with Gasteiger partial charge in [-0.1, -0.05) is 36.4 Å². The fraction of sp³-hybridized carbons (Fsp3) is 0.188. The predicted molar refractivity (Wildman–Crippen MR) is 170 cm³/mol. The maximum atomic E-state index is 13.3. The first kappa shape index (κ1) is 30.9. The van der Waals surface area contributed by atoms with Gasteiger partial charge >= 0.3 is 0 Å². The van der Waals surface area contributed by atoms with Crippen LogP contribution in [-0.4, -0.2) is 71.5 Å². The molecule has 4 N–H and O–H groups in total. The lowest BCUT2D eigenvalue weighted by Gasteiger charge is -2.17. The van der Waals surface area contributed by atoms with E-state index in [0.717, 1.165) is 5.69 Å². The van der Waals surface area contributed by atoms with E-state index in [1.165, 1.54) is 17.0 Å². The maximum Gasteiger partial charge on any atom is 0.265 e. The Hall–Kier alpha value is -5.03. The number of phenols is 1. The zero-order valence-electron chi connectivity index (χ0n) is 24.5. The van der Waals surface area contributed by atoms with Crippen LogP contribution in [-0.2, 0) is 10.0 Å². The lowest BCUT2D eigenvalue weighted by molar-refractivity contribution is 0.0827. The van der Waals surface area contributed by atoms with Gasteiger partial charge in [0.2, 0.25) is 0 Å². The lowest BCUT2D eigenvalue weighted by Crippen LogP contribution is -2.30. The first-order valence-electron chi connectivity index (χ1n) is 13.5. The minimum absolute atomic E-state index is 0.180. The summed E-state index contributed by atoms with van der Waals surface area (Å²) in [5.41, 5.74) is 3.94. The van der Waals surface area contributed by atoms with Crippen molar-refractivity contribution in [1.29, 1.82) is 0 Å². The number of anilines is 3. The first-order chi connectivity index (χ1) is 20.5. The molecule has 0 heterocycles. The van der Waals surface area contributed by atoms with E-state index in [1.54, 1.807) is 74.8 Å². The van der Waals surface area contributed by atoms with Crippen LogP contribution < -0.4 is 20.3 Å². The van der Waals surface area contributed by atoms with E-state index in [9.17, 15) is 23.1 Å². The van der Waals surface area contributed by atoms with Gasteiger partial charge in [0.25, 0.3) is 21.8 Å². The van der Waals surface area contributed by atoms with Crippen LogP contribution in [0.2, 0.25) is 0 Å². The van der Waals surface area contributed by atoms with Gasteiger partial charge in [-0.3, -0.25) is 14.3 Å². The van der Waals surface area contributed by atoms with Gasteiger partial charge in [-0.2, -0.15) is 0 Å². The minimum atomic E-state index is -4.17. The van der Waals surface area contributed by atoms with Crippen LogP contribution in [0.15, 0.2) is 95.9 Å². The highest BCUT2D eigenvalue weighted by molar-refractivity contribution is 7.92. The van der Waals surface area contributed by atoms with Gasteiger partial charge in [0.1, 0.15) is 10.6 Å². The van der Waals surface area contributed by atoms with Crippen LogP contribution >= 0.6 is 0 Å². The van der Waals surface area contributed by atoms with Crippen molar-refractivity contribution in [1.82, 2.24) is 10.2 Å². The van der Waals surface area contributed by atoms with E-state index in [-0.39, 0.29) is 22.4 Å². The van der Waals surface area contributed by atoms with Gasteiger partial charge in [0.15, 0.2) is 0 Å². The molecular weight excluding hydrogens is 566 g/mol. The number of carbonyl (C=O) groups excluding carboxylic acids is 2. The molecule has 224 valence electrons. The number of benzene rings is 4. The van der Waals surface area contributed by atoms with Crippen LogP contribution in [0.5, 0.6) is 5.75 Å². The number of para-hydroxylation sites is 1. The Labute approximate surface area is 252 Å². The second-order valence-corrected chi connectivity index (χ2v) is 11.9. The van der Waals surface area contributed by atoms with Gasteiger partial charge in [-0.15, -0.1) is 0 Å². The van der Waals surface area contributed by atoms with Crippen molar-refractivity contribution in [3.05, 3.63) is 102 Å². The molecule has 2 amide bonds. The van der Waals surface area contributed by atoms with Gasteiger partial charge in [0, 0.05) is 58.2 Å². The standard InChI is InChI=1S/C32H35N5O5S/c1-36(2)28-14-6-5-13-27(28)31(39)34-18-17-33-25-11-8-12-26(21-25)35-43(41,42)30-20-23(15-16-29(30)38)22-9-7-10-24(19-22)32(40)37(3)4/h5-16,19-21,33,35,38H,17-18H2,1-4H3,(H,34,39). The van der Waals surface area contributed by atoms with Crippen LogP contribution in [0.25, 0.3) is 11.1 Å². The SMILES string of the molecule is CN(C)C(=O)c1cccc(-c2ccc(O)c(S(=O)(=O)Nc3cccc(NCCNC(=O)c4ccccc4N(C)C)c3)c2)c1. The second-order valence-electron chi connectivity index (χ2n) is 10.2. The van der Waals surface area contributed by atoms with E-state index < -0.39 is 15.8 Å². The van der Waals surface area contributed by atoms with Crippen molar-refractivity contribution in [2.45, 2.75) is 4.90 Å². The number of nitrogens with zero attached hydrogens (tertiary/aromatic N) is 2. The third-order valence-corrected chi connectivity index (χ3v) is 7.99. The summed E-state index contributed by atoms with van der Waals surface area (Å²) < 4.78 is 29.2. The Morgan fingerprint density at radius 2 is 1.47 bits per heavy atom. The molecule has 0 atom stereocenters. The number of sulfonamides is 1. The summed E-state index contributed by atoms with van der Waals surface area (Å²) in [5, 5.41) is 16.5. The molecule has 0 aromatic heterocycles. The highest BCUT2D eigenvalue weighted by Crippen LogP contribution is 2.31. The number of phenolic OH excluding ortho intramolecular Hbond substituents is 1. The van der Waals surface area contributed by atoms with E-state index in [4.69, 9.17) is 0 Å². The molecule has 0 saturated carbocycles. The first-order valence-corrected chi connectivity index (χ1v) is 15.0. The summed E-state index contributed by atoms with van der Waals surface area (Å²) in [6.45, 7) is 0.753. The third kappa shape index (κ3) is 7.63. The lowest BCUT2D eigenvalue weighted by atomic mass is 10.0. The predicted octanol–water partition coefficient (Wildman–Crippen LogP) is 4.47. The fourth-order valence-corrected chi connectivity index (χ4v) is 5.61. The van der Waals surface area contributed by atoms with Crippen molar-refractivity contribution in [2.24, 2.45) is 0 Å². The summed E-state index contributed by atoms with van der Waals surface area (Å²) in [5.74, 6) is -0.774. The number of nitrogens with one attached hydrogen (secondary N) is 3. The fourth-order valence-electron chi connectivity index (χ4n) is 4.44. The average Bonchev–Trinajstić information content (AvgIpc) is 2.99. The van der Waals surface area contributed by atoms with Crippen LogP contribution in [0, 0.1) is 0 Å². The second kappa shape index (κ2) is 13.3. The zero-order chi connectivity index (χ0) is 31.1. The molecule has 0 radical (unpaired) electrons. The van der Waals surface area contributed by atoms with Gasteiger partial charge in [-0.05, 0) is 65.7 Å². The molecule has 0 aliphatic carbocycles. The smallest absolute Gasteiger partial charge is 0.265 e. The van der Waals surface area contributed by atoms with E-state index >= 15 is 0 Å². The number of rotatable bonds is 11. The normalized spacial score (nSPS) is 11.0. The molecule has 0 spiro atoms. The number of hydrogen-bond acceptors (Lipinski definition) is 7. The highest BCUT2D eigenvalue weighted by atomic mass is 32.2. The maximum absolute atomic E-state index is 13.3. The molecule has 4 aromatic rings. The van der Waals surface area contributed by atoms with Crippen molar-refractivity contribution < 1.29 is 23.1 Å². The molecule has 0 unspecified atom stereocenters. The third-order valence-electron chi connectivity index (χ3n) is 6.58. The molecule has 4 rings (SSSR count). The Kier molecular flexibility index (Phi) is 9.56. The summed E-state index contributed by atoms with van der Waals surface area (Å²) in [6, 6.07) is 25.2. The molecule has 4 aromatic carbocycles. The highest BCUT2D eigenvalue weighted by Gasteiger charge is 2.21. The van der Waals surface area contributed by atoms with E-state index in [0.29, 0.717) is 41.0 Å². The molecular formula is C32H35N5O5S. The van der Waals surface area contributed by atoms with Gasteiger partial charge < -0.3 is 25.5 Å². The van der Waals surface area contributed by atoms with Gasteiger partial charge in [0.05, 0.1) is 11.3 Å². The molecule has 0 aliphatic heterocycles. The molecule has 11 heteroatoms. The molecule has 0 fully saturated rings. The van der Waals surface area contributed by atoms with Crippen LogP contribution in [0.1, 0.15) is 20.7 Å². The summed E-state index contributed by atoms with van der Waals surface area (Å²) >= 11 is 0. The zero-order valence-corrected chi connectivity index (χ0v) is 25.3. The molecule has 10 nitrogen and oxygen atoms in total. The van der Waals surface area contributed by atoms with Crippen molar-refractivity contribution in [3.63, 3.8) is 0 Å². The largest absolute Gasteiger partial charge is 0.507 e. The number of amides is 2.